The van der Waals surface area contributed by atoms with Crippen molar-refractivity contribution in [2.45, 2.75) is 32.7 Å². The first kappa shape index (κ1) is 12.2. The monoisotopic (exact) mass is 230 g/mol. The largest absolute Gasteiger partial charge is 0.271 e. The van der Waals surface area contributed by atoms with Crippen LogP contribution >= 0.6 is 0 Å². The van der Waals surface area contributed by atoms with Gasteiger partial charge in [0.25, 0.3) is 0 Å². The maximum Gasteiger partial charge on any atom is 0.149 e. The third kappa shape index (κ3) is 4.03. The minimum absolute atomic E-state index is 0.0589. The van der Waals surface area contributed by atoms with E-state index in [1.54, 1.807) is 10.9 Å². The Morgan fingerprint density at radius 3 is 2.40 bits per heavy atom. The van der Waals surface area contributed by atoms with Gasteiger partial charge in [0.15, 0.2) is 0 Å². The van der Waals surface area contributed by atoms with E-state index in [4.69, 9.17) is 0 Å². The van der Waals surface area contributed by atoms with Crippen molar-refractivity contribution in [1.82, 2.24) is 9.78 Å². The molecule has 1 heterocycles. The van der Waals surface area contributed by atoms with Crippen molar-refractivity contribution in [3.05, 3.63) is 18.0 Å². The molecule has 0 aliphatic heterocycles. The molecule has 15 heavy (non-hydrogen) atoms. The van der Waals surface area contributed by atoms with Crippen LogP contribution < -0.4 is 0 Å². The molecule has 1 aromatic rings. The standard InChI is InChI=1S/C10H18N2O2S/c1-10(2,3)9-7-11-12(8-9)5-6-15(4,13)14/h7-8H,5-6H2,1-4H3. The van der Waals surface area contributed by atoms with Crippen LogP contribution in [-0.4, -0.2) is 30.2 Å². The summed E-state index contributed by atoms with van der Waals surface area (Å²) in [4.78, 5) is 0. The summed E-state index contributed by atoms with van der Waals surface area (Å²) in [6.07, 6.45) is 4.94. The van der Waals surface area contributed by atoms with Gasteiger partial charge in [0, 0.05) is 12.5 Å². The van der Waals surface area contributed by atoms with Crippen LogP contribution in [0.3, 0.4) is 0 Å². The number of nitrogens with zero attached hydrogens (tertiary/aromatic N) is 2. The third-order valence-electron chi connectivity index (χ3n) is 2.19. The van der Waals surface area contributed by atoms with Crippen LogP contribution in [0.2, 0.25) is 0 Å². The van der Waals surface area contributed by atoms with Gasteiger partial charge in [-0.25, -0.2) is 8.42 Å². The zero-order valence-corrected chi connectivity index (χ0v) is 10.5. The first-order valence-corrected chi connectivity index (χ1v) is 6.95. The van der Waals surface area contributed by atoms with Crippen molar-refractivity contribution in [2.24, 2.45) is 0 Å². The molecule has 0 saturated heterocycles. The molecule has 0 saturated carbocycles. The molecule has 0 aliphatic rings. The summed E-state index contributed by atoms with van der Waals surface area (Å²) < 4.78 is 23.6. The maximum absolute atomic E-state index is 11.0. The van der Waals surface area contributed by atoms with E-state index in [9.17, 15) is 8.42 Å². The zero-order valence-electron chi connectivity index (χ0n) is 9.69. The van der Waals surface area contributed by atoms with Crippen molar-refractivity contribution in [2.75, 3.05) is 12.0 Å². The number of rotatable bonds is 3. The summed E-state index contributed by atoms with van der Waals surface area (Å²) in [5, 5.41) is 4.14. The number of hydrogen-bond acceptors (Lipinski definition) is 3. The molecule has 0 radical (unpaired) electrons. The van der Waals surface area contributed by atoms with Crippen LogP contribution in [0.5, 0.6) is 0 Å². The minimum atomic E-state index is -2.91. The van der Waals surface area contributed by atoms with Crippen molar-refractivity contribution < 1.29 is 8.42 Å². The normalized spacial score (nSPS) is 13.1. The van der Waals surface area contributed by atoms with E-state index in [2.05, 4.69) is 25.9 Å². The summed E-state index contributed by atoms with van der Waals surface area (Å²) in [6, 6.07) is 0. The van der Waals surface area contributed by atoms with Gasteiger partial charge in [-0.05, 0) is 11.0 Å². The third-order valence-corrected chi connectivity index (χ3v) is 3.11. The maximum atomic E-state index is 11.0. The Hall–Kier alpha value is -0.840. The fourth-order valence-corrected chi connectivity index (χ4v) is 1.65. The van der Waals surface area contributed by atoms with E-state index in [1.165, 1.54) is 6.26 Å². The SMILES string of the molecule is CC(C)(C)c1cnn(CCS(C)(=O)=O)c1. The second-order valence-electron chi connectivity index (χ2n) is 4.87. The van der Waals surface area contributed by atoms with Crippen LogP contribution in [0, 0.1) is 0 Å². The lowest BCUT2D eigenvalue weighted by Gasteiger charge is -2.14. The topological polar surface area (TPSA) is 52.0 Å². The molecule has 86 valence electrons. The molecule has 4 nitrogen and oxygen atoms in total. The summed E-state index contributed by atoms with van der Waals surface area (Å²) in [6.45, 7) is 6.73. The van der Waals surface area contributed by atoms with Crippen molar-refractivity contribution in [3.63, 3.8) is 0 Å². The number of aryl methyl sites for hydroxylation is 1. The fourth-order valence-electron chi connectivity index (χ4n) is 1.13. The van der Waals surface area contributed by atoms with E-state index in [-0.39, 0.29) is 11.2 Å². The van der Waals surface area contributed by atoms with Crippen molar-refractivity contribution >= 4 is 9.84 Å². The van der Waals surface area contributed by atoms with Gasteiger partial charge in [0.1, 0.15) is 9.84 Å². The summed E-state index contributed by atoms with van der Waals surface area (Å²) in [5.41, 5.74) is 1.18. The highest BCUT2D eigenvalue weighted by Crippen LogP contribution is 2.20. The first-order chi connectivity index (χ1) is 6.68. The summed E-state index contributed by atoms with van der Waals surface area (Å²) in [7, 11) is -2.91. The highest BCUT2D eigenvalue weighted by atomic mass is 32.2. The highest BCUT2D eigenvalue weighted by molar-refractivity contribution is 7.90. The Labute approximate surface area is 91.2 Å². The molecular weight excluding hydrogens is 212 g/mol. The number of aromatic nitrogens is 2. The summed E-state index contributed by atoms with van der Waals surface area (Å²) in [5.74, 6) is 0.137. The predicted octanol–water partition coefficient (Wildman–Crippen LogP) is 1.23. The molecule has 5 heteroatoms. The molecule has 0 amide bonds. The Morgan fingerprint density at radius 2 is 2.00 bits per heavy atom. The quantitative estimate of drug-likeness (QED) is 0.784. The van der Waals surface area contributed by atoms with Gasteiger partial charge in [-0.1, -0.05) is 20.8 Å². The highest BCUT2D eigenvalue weighted by Gasteiger charge is 2.15. The average Bonchev–Trinajstić information content (AvgIpc) is 2.45. The van der Waals surface area contributed by atoms with Gasteiger partial charge >= 0.3 is 0 Å². The van der Waals surface area contributed by atoms with Gasteiger partial charge in [-0.2, -0.15) is 5.10 Å². The van der Waals surface area contributed by atoms with Gasteiger partial charge < -0.3 is 0 Å². The number of sulfone groups is 1. The van der Waals surface area contributed by atoms with E-state index in [0.29, 0.717) is 6.54 Å². The van der Waals surface area contributed by atoms with Crippen LogP contribution in [0.1, 0.15) is 26.3 Å². The second kappa shape index (κ2) is 3.96. The van der Waals surface area contributed by atoms with Gasteiger partial charge in [-0.3, -0.25) is 4.68 Å². The predicted molar refractivity (Wildman–Crippen MR) is 60.6 cm³/mol. The first-order valence-electron chi connectivity index (χ1n) is 4.89. The van der Waals surface area contributed by atoms with Crippen molar-refractivity contribution in [1.29, 1.82) is 0 Å². The Kier molecular flexibility index (Phi) is 3.23. The molecule has 1 aromatic heterocycles. The van der Waals surface area contributed by atoms with Crippen LogP contribution in [-0.2, 0) is 21.8 Å². The van der Waals surface area contributed by atoms with Crippen molar-refractivity contribution in [3.8, 4) is 0 Å². The Balaban J connectivity index is 2.70. The second-order valence-corrected chi connectivity index (χ2v) is 7.13. The molecule has 1 rings (SSSR count). The molecule has 0 spiro atoms. The summed E-state index contributed by atoms with van der Waals surface area (Å²) >= 11 is 0. The Bertz CT molecular complexity index is 427. The molecular formula is C10H18N2O2S. The van der Waals surface area contributed by atoms with E-state index < -0.39 is 9.84 Å². The lowest BCUT2D eigenvalue weighted by Crippen LogP contribution is -2.12. The molecule has 0 bridgehead atoms. The lowest BCUT2D eigenvalue weighted by molar-refractivity contribution is 0.580. The fraction of sp³-hybridized carbons (Fsp3) is 0.700. The molecule has 0 fully saturated rings. The van der Waals surface area contributed by atoms with E-state index in [0.717, 1.165) is 5.56 Å². The minimum Gasteiger partial charge on any atom is -0.271 e. The van der Waals surface area contributed by atoms with Gasteiger partial charge in [0.05, 0.1) is 18.5 Å². The number of hydrogen-bond donors (Lipinski definition) is 0. The molecule has 0 unspecified atom stereocenters. The smallest absolute Gasteiger partial charge is 0.149 e. The van der Waals surface area contributed by atoms with Crippen LogP contribution in [0.25, 0.3) is 0 Å². The molecule has 0 atom stereocenters. The molecule has 0 aliphatic carbocycles. The molecule has 0 N–H and O–H groups in total. The van der Waals surface area contributed by atoms with E-state index in [1.807, 2.05) is 6.20 Å². The van der Waals surface area contributed by atoms with Crippen LogP contribution in [0.4, 0.5) is 0 Å². The van der Waals surface area contributed by atoms with E-state index >= 15 is 0 Å². The Morgan fingerprint density at radius 1 is 1.40 bits per heavy atom. The lowest BCUT2D eigenvalue weighted by atomic mass is 9.90. The van der Waals surface area contributed by atoms with Gasteiger partial charge in [0.2, 0.25) is 0 Å². The van der Waals surface area contributed by atoms with Crippen LogP contribution in [0.15, 0.2) is 12.4 Å². The van der Waals surface area contributed by atoms with Gasteiger partial charge in [-0.15, -0.1) is 0 Å². The molecule has 0 aromatic carbocycles. The zero-order chi connectivity index (χ0) is 11.7. The average molecular weight is 230 g/mol.